The average molecular weight is 289 g/mol. The molecule has 4 heteroatoms. The van der Waals surface area contributed by atoms with Crippen molar-refractivity contribution in [3.63, 3.8) is 0 Å². The molecule has 22 heavy (non-hydrogen) atoms. The smallest absolute Gasteiger partial charge is 0.292 e. The summed E-state index contributed by atoms with van der Waals surface area (Å²) in [7, 11) is 0. The van der Waals surface area contributed by atoms with Gasteiger partial charge in [-0.2, -0.15) is 4.98 Å². The molecular formula is C18H15N3O. The van der Waals surface area contributed by atoms with Gasteiger partial charge in [-0.05, 0) is 42.1 Å². The Morgan fingerprint density at radius 3 is 2.68 bits per heavy atom. The van der Waals surface area contributed by atoms with E-state index in [0.29, 0.717) is 5.58 Å². The minimum atomic E-state index is 0.188. The van der Waals surface area contributed by atoms with Crippen molar-refractivity contribution in [3.05, 3.63) is 60.2 Å². The lowest BCUT2D eigenvalue weighted by Gasteiger charge is -2.11. The fourth-order valence-electron chi connectivity index (χ4n) is 2.74. The molecule has 4 rings (SSSR count). The van der Waals surface area contributed by atoms with Crippen LogP contribution in [0.25, 0.3) is 21.9 Å². The van der Waals surface area contributed by atoms with Gasteiger partial charge in [-0.1, -0.05) is 30.3 Å². The van der Waals surface area contributed by atoms with Gasteiger partial charge in [0.25, 0.3) is 6.01 Å². The highest BCUT2D eigenvalue weighted by molar-refractivity contribution is 5.97. The van der Waals surface area contributed by atoms with Gasteiger partial charge in [-0.15, -0.1) is 0 Å². The largest absolute Gasteiger partial charge is 0.424 e. The fourth-order valence-corrected chi connectivity index (χ4v) is 2.74. The summed E-state index contributed by atoms with van der Waals surface area (Å²) < 4.78 is 5.30. The summed E-state index contributed by atoms with van der Waals surface area (Å²) in [5.74, 6) is 0. The fraction of sp³-hybridized carbons (Fsp3) is 0.0556. The number of nitrogen functional groups attached to an aromatic ring is 1. The SMILES string of the molecule is Cc1ccc(Nc2ccc3oc(N)nc3c2)c2ccccc12. The molecule has 0 radical (unpaired) electrons. The first-order chi connectivity index (χ1) is 10.7. The van der Waals surface area contributed by atoms with Crippen LogP contribution < -0.4 is 11.1 Å². The maximum absolute atomic E-state index is 5.59. The van der Waals surface area contributed by atoms with Crippen LogP contribution in [0.4, 0.5) is 17.4 Å². The Kier molecular flexibility index (Phi) is 2.76. The van der Waals surface area contributed by atoms with E-state index >= 15 is 0 Å². The topological polar surface area (TPSA) is 64.1 Å². The summed E-state index contributed by atoms with van der Waals surface area (Å²) in [5.41, 5.74) is 10.3. The molecule has 3 N–H and O–H groups in total. The average Bonchev–Trinajstić information content (AvgIpc) is 2.90. The van der Waals surface area contributed by atoms with E-state index in [9.17, 15) is 0 Å². The van der Waals surface area contributed by atoms with Crippen LogP contribution in [0, 0.1) is 6.92 Å². The summed E-state index contributed by atoms with van der Waals surface area (Å²) in [6.07, 6.45) is 0. The number of hydrogen-bond donors (Lipinski definition) is 2. The molecule has 0 unspecified atom stereocenters. The number of nitrogens with zero attached hydrogens (tertiary/aromatic N) is 1. The first-order valence-corrected chi connectivity index (χ1v) is 7.12. The van der Waals surface area contributed by atoms with Gasteiger partial charge < -0.3 is 15.5 Å². The molecule has 0 atom stereocenters. The Morgan fingerprint density at radius 1 is 1.00 bits per heavy atom. The standard InChI is InChI=1S/C18H15N3O/c1-11-6-8-15(14-5-3-2-4-13(11)14)20-12-7-9-17-16(10-12)21-18(19)22-17/h2-10,20H,1H3,(H2,19,21). The second-order valence-electron chi connectivity index (χ2n) is 5.34. The van der Waals surface area contributed by atoms with Crippen LogP contribution in [0.1, 0.15) is 5.56 Å². The number of anilines is 3. The normalized spacial score (nSPS) is 11.1. The maximum Gasteiger partial charge on any atom is 0.292 e. The lowest BCUT2D eigenvalue weighted by molar-refractivity contribution is 0.626. The number of benzene rings is 3. The molecule has 0 bridgehead atoms. The molecule has 0 spiro atoms. The van der Waals surface area contributed by atoms with Gasteiger partial charge in [0.05, 0.1) is 0 Å². The quantitative estimate of drug-likeness (QED) is 0.565. The molecule has 3 aromatic carbocycles. The first kappa shape index (κ1) is 12.7. The van der Waals surface area contributed by atoms with E-state index < -0.39 is 0 Å². The summed E-state index contributed by atoms with van der Waals surface area (Å²) in [4.78, 5) is 4.16. The molecule has 0 saturated carbocycles. The first-order valence-electron chi connectivity index (χ1n) is 7.12. The molecule has 1 aromatic heterocycles. The molecule has 0 aliphatic carbocycles. The van der Waals surface area contributed by atoms with E-state index in [1.54, 1.807) is 0 Å². The van der Waals surface area contributed by atoms with Crippen molar-refractivity contribution in [2.45, 2.75) is 6.92 Å². The molecule has 1 heterocycles. The third-order valence-corrected chi connectivity index (χ3v) is 3.83. The highest BCUT2D eigenvalue weighted by Crippen LogP contribution is 2.30. The van der Waals surface area contributed by atoms with Crippen LogP contribution in [0.15, 0.2) is 59.0 Å². The van der Waals surface area contributed by atoms with Crippen molar-refractivity contribution in [1.29, 1.82) is 0 Å². The predicted molar refractivity (Wildman–Crippen MR) is 90.4 cm³/mol. The van der Waals surface area contributed by atoms with Gasteiger partial charge in [-0.25, -0.2) is 0 Å². The van der Waals surface area contributed by atoms with E-state index in [1.165, 1.54) is 16.3 Å². The number of aryl methyl sites for hydroxylation is 1. The van der Waals surface area contributed by atoms with E-state index in [4.69, 9.17) is 10.2 Å². The van der Waals surface area contributed by atoms with Gasteiger partial charge >= 0.3 is 0 Å². The number of rotatable bonds is 2. The zero-order valence-corrected chi connectivity index (χ0v) is 12.1. The van der Waals surface area contributed by atoms with Gasteiger partial charge in [0.2, 0.25) is 0 Å². The Morgan fingerprint density at radius 2 is 1.82 bits per heavy atom. The number of hydrogen-bond acceptors (Lipinski definition) is 4. The van der Waals surface area contributed by atoms with E-state index in [2.05, 4.69) is 53.6 Å². The zero-order valence-electron chi connectivity index (χ0n) is 12.1. The third-order valence-electron chi connectivity index (χ3n) is 3.83. The Bertz CT molecular complexity index is 988. The van der Waals surface area contributed by atoms with E-state index in [0.717, 1.165) is 16.9 Å². The molecule has 0 amide bonds. The van der Waals surface area contributed by atoms with Crippen molar-refractivity contribution in [2.75, 3.05) is 11.1 Å². The van der Waals surface area contributed by atoms with Crippen LogP contribution in [0.5, 0.6) is 0 Å². The van der Waals surface area contributed by atoms with Gasteiger partial charge in [0, 0.05) is 16.8 Å². The van der Waals surface area contributed by atoms with Gasteiger partial charge in [-0.3, -0.25) is 0 Å². The Labute approximate surface area is 127 Å². The Hall–Kier alpha value is -3.01. The molecule has 4 nitrogen and oxygen atoms in total. The monoisotopic (exact) mass is 289 g/mol. The molecule has 0 fully saturated rings. The molecule has 108 valence electrons. The maximum atomic E-state index is 5.59. The van der Waals surface area contributed by atoms with Gasteiger partial charge in [0.15, 0.2) is 5.58 Å². The van der Waals surface area contributed by atoms with Crippen molar-refractivity contribution in [1.82, 2.24) is 4.98 Å². The molecule has 0 aliphatic rings. The summed E-state index contributed by atoms with van der Waals surface area (Å²) in [5, 5.41) is 5.90. The second kappa shape index (κ2) is 4.77. The molecular weight excluding hydrogens is 274 g/mol. The number of nitrogens with two attached hydrogens (primary N) is 1. The van der Waals surface area contributed by atoms with Crippen molar-refractivity contribution >= 4 is 39.3 Å². The molecule has 0 aliphatic heterocycles. The lowest BCUT2D eigenvalue weighted by atomic mass is 10.0. The van der Waals surface area contributed by atoms with E-state index in [-0.39, 0.29) is 6.01 Å². The predicted octanol–water partition coefficient (Wildman–Crippen LogP) is 4.62. The molecule has 0 saturated heterocycles. The van der Waals surface area contributed by atoms with E-state index in [1.807, 2.05) is 18.2 Å². The van der Waals surface area contributed by atoms with Crippen molar-refractivity contribution in [3.8, 4) is 0 Å². The highest BCUT2D eigenvalue weighted by Gasteiger charge is 2.06. The van der Waals surface area contributed by atoms with Crippen LogP contribution in [-0.4, -0.2) is 4.98 Å². The molecule has 4 aromatic rings. The number of aromatic nitrogens is 1. The summed E-state index contributed by atoms with van der Waals surface area (Å²) >= 11 is 0. The van der Waals surface area contributed by atoms with Crippen LogP contribution in [0.3, 0.4) is 0 Å². The zero-order chi connectivity index (χ0) is 15.1. The number of oxazole rings is 1. The van der Waals surface area contributed by atoms with Crippen molar-refractivity contribution in [2.24, 2.45) is 0 Å². The van der Waals surface area contributed by atoms with Crippen LogP contribution >= 0.6 is 0 Å². The minimum absolute atomic E-state index is 0.188. The van der Waals surface area contributed by atoms with Crippen LogP contribution in [0.2, 0.25) is 0 Å². The van der Waals surface area contributed by atoms with Crippen LogP contribution in [-0.2, 0) is 0 Å². The minimum Gasteiger partial charge on any atom is -0.424 e. The number of nitrogens with one attached hydrogen (secondary N) is 1. The second-order valence-corrected chi connectivity index (χ2v) is 5.34. The van der Waals surface area contributed by atoms with Gasteiger partial charge in [0.1, 0.15) is 5.52 Å². The highest BCUT2D eigenvalue weighted by atomic mass is 16.4. The summed E-state index contributed by atoms with van der Waals surface area (Å²) in [6.45, 7) is 2.12. The lowest BCUT2D eigenvalue weighted by Crippen LogP contribution is -1.92. The Balaban J connectivity index is 1.80. The summed E-state index contributed by atoms with van der Waals surface area (Å²) in [6, 6.07) is 18.5. The number of fused-ring (bicyclic) bond motifs is 2. The van der Waals surface area contributed by atoms with Crippen molar-refractivity contribution < 1.29 is 4.42 Å². The third kappa shape index (κ3) is 2.05.